The van der Waals surface area contributed by atoms with Gasteiger partial charge in [0.1, 0.15) is 5.60 Å². The van der Waals surface area contributed by atoms with E-state index in [0.717, 1.165) is 18.6 Å². The first kappa shape index (κ1) is 24.4. The third-order valence-electron chi connectivity index (χ3n) is 5.51. The van der Waals surface area contributed by atoms with Crippen molar-refractivity contribution in [3.63, 3.8) is 0 Å². The number of alkyl halides is 3. The predicted octanol–water partition coefficient (Wildman–Crippen LogP) is 4.62. The Hall–Kier alpha value is -2.20. The fourth-order valence-corrected chi connectivity index (χ4v) is 5.00. The van der Waals surface area contributed by atoms with Crippen LogP contribution in [0, 0.1) is 5.92 Å². The van der Waals surface area contributed by atoms with Gasteiger partial charge in [-0.05, 0) is 46.0 Å². The molecule has 2 heterocycles. The molecule has 1 aromatic carbocycles. The van der Waals surface area contributed by atoms with Crippen LogP contribution in [-0.2, 0) is 10.9 Å². The van der Waals surface area contributed by atoms with Gasteiger partial charge in [0.05, 0.1) is 22.3 Å². The molecule has 1 aromatic rings. The van der Waals surface area contributed by atoms with Crippen LogP contribution in [0.1, 0.15) is 38.3 Å². The van der Waals surface area contributed by atoms with Crippen LogP contribution in [-0.4, -0.2) is 59.8 Å². The van der Waals surface area contributed by atoms with Crippen LogP contribution in [0.5, 0.6) is 0 Å². The van der Waals surface area contributed by atoms with Crippen molar-refractivity contribution in [1.29, 1.82) is 0 Å². The molecule has 32 heavy (non-hydrogen) atoms. The van der Waals surface area contributed by atoms with Gasteiger partial charge in [0, 0.05) is 37.0 Å². The number of aliphatic imine (C=N–C) groups is 1. The molecule has 6 nitrogen and oxygen atoms in total. The van der Waals surface area contributed by atoms with E-state index in [1.165, 1.54) is 17.8 Å². The summed E-state index contributed by atoms with van der Waals surface area (Å²) in [4.78, 5) is 20.5. The molecule has 3 rings (SSSR count). The molecule has 0 spiro atoms. The third-order valence-corrected chi connectivity index (χ3v) is 6.40. The minimum atomic E-state index is -4.46. The maximum atomic E-state index is 13.2. The Bertz CT molecular complexity index is 898. The Morgan fingerprint density at radius 3 is 2.62 bits per heavy atom. The lowest BCUT2D eigenvalue weighted by atomic mass is 10.1. The lowest BCUT2D eigenvalue weighted by Gasteiger charge is -2.29. The van der Waals surface area contributed by atoms with Crippen molar-refractivity contribution in [3.8, 4) is 0 Å². The number of fused-ring (bicyclic) bond motifs is 1. The van der Waals surface area contributed by atoms with Crippen LogP contribution in [0.2, 0.25) is 0 Å². The Morgan fingerprint density at radius 1 is 1.31 bits per heavy atom. The van der Waals surface area contributed by atoms with Gasteiger partial charge in [-0.2, -0.15) is 13.2 Å². The predicted molar refractivity (Wildman–Crippen MR) is 121 cm³/mol. The van der Waals surface area contributed by atoms with E-state index in [9.17, 15) is 18.0 Å². The third kappa shape index (κ3) is 5.40. The highest BCUT2D eigenvalue weighted by Crippen LogP contribution is 2.40. The van der Waals surface area contributed by atoms with Gasteiger partial charge >= 0.3 is 12.3 Å². The van der Waals surface area contributed by atoms with E-state index in [-0.39, 0.29) is 23.9 Å². The molecule has 2 N–H and O–H groups in total. The van der Waals surface area contributed by atoms with E-state index < -0.39 is 17.3 Å². The summed E-state index contributed by atoms with van der Waals surface area (Å²) in [6.07, 6.45) is -3.97. The van der Waals surface area contributed by atoms with Crippen molar-refractivity contribution in [2.45, 2.75) is 45.0 Å². The molecule has 0 saturated carbocycles. The van der Waals surface area contributed by atoms with Crippen molar-refractivity contribution >= 4 is 30.3 Å². The van der Waals surface area contributed by atoms with E-state index in [1.54, 1.807) is 11.0 Å². The zero-order valence-corrected chi connectivity index (χ0v) is 19.3. The zero-order chi connectivity index (χ0) is 23.7. The van der Waals surface area contributed by atoms with Crippen molar-refractivity contribution < 1.29 is 22.7 Å². The summed E-state index contributed by atoms with van der Waals surface area (Å²) in [5.74, 6) is 0.470. The van der Waals surface area contributed by atoms with Crippen LogP contribution in [0.3, 0.4) is 0 Å². The minimum Gasteiger partial charge on any atom is -0.444 e. The number of hydrogen-bond donors (Lipinski definition) is 1. The number of carbonyl (C=O) groups excluding carboxylic acids is 1. The van der Waals surface area contributed by atoms with Gasteiger partial charge in [-0.25, -0.2) is 4.79 Å². The lowest BCUT2D eigenvalue weighted by Crippen LogP contribution is -2.42. The Kier molecular flexibility index (Phi) is 7.14. The standard InChI is InChI=1S/C22H29F3N4O2S/c1-21(2,3)31-20(30)29-9-8-15-11-28(12-17(15)29)19(32-13-26)18(27-4)14-6-5-7-16(10-14)22(23,24)25/h5-7,10,15,17H,4,8-9,11-13,26H2,1-3H3/b19-18-. The number of amides is 1. The molecule has 2 aliphatic heterocycles. The highest BCUT2D eigenvalue weighted by molar-refractivity contribution is 8.03. The van der Waals surface area contributed by atoms with Gasteiger partial charge in [-0.1, -0.05) is 23.9 Å². The number of rotatable bonds is 5. The molecule has 1 amide bonds. The van der Waals surface area contributed by atoms with Gasteiger partial charge in [0.25, 0.3) is 0 Å². The first-order chi connectivity index (χ1) is 14.9. The van der Waals surface area contributed by atoms with Crippen LogP contribution in [0.25, 0.3) is 5.70 Å². The molecular weight excluding hydrogens is 441 g/mol. The highest BCUT2D eigenvalue weighted by atomic mass is 32.2. The number of benzene rings is 1. The number of likely N-dealkylation sites (tertiary alicyclic amines) is 2. The number of ether oxygens (including phenoxy) is 1. The summed E-state index contributed by atoms with van der Waals surface area (Å²) in [5, 5.41) is 0.667. The minimum absolute atomic E-state index is 0.0363. The summed E-state index contributed by atoms with van der Waals surface area (Å²) in [7, 11) is 0. The van der Waals surface area contributed by atoms with Crippen molar-refractivity contribution in [1.82, 2.24) is 9.80 Å². The second kappa shape index (κ2) is 9.35. The number of nitrogens with zero attached hydrogens (tertiary/aromatic N) is 3. The maximum absolute atomic E-state index is 13.2. The molecule has 176 valence electrons. The average Bonchev–Trinajstić information content (AvgIpc) is 3.26. The van der Waals surface area contributed by atoms with E-state index in [0.29, 0.717) is 35.9 Å². The lowest BCUT2D eigenvalue weighted by molar-refractivity contribution is -0.137. The second-order valence-electron chi connectivity index (χ2n) is 8.90. The maximum Gasteiger partial charge on any atom is 0.416 e. The van der Waals surface area contributed by atoms with E-state index >= 15 is 0 Å². The van der Waals surface area contributed by atoms with E-state index in [1.807, 2.05) is 25.7 Å². The van der Waals surface area contributed by atoms with Crippen LogP contribution < -0.4 is 5.73 Å². The van der Waals surface area contributed by atoms with Gasteiger partial charge < -0.3 is 20.3 Å². The molecule has 2 saturated heterocycles. The van der Waals surface area contributed by atoms with Crippen LogP contribution in [0.15, 0.2) is 34.3 Å². The van der Waals surface area contributed by atoms with Crippen molar-refractivity contribution in [2.24, 2.45) is 16.6 Å². The fraction of sp³-hybridized carbons (Fsp3) is 0.545. The van der Waals surface area contributed by atoms with Gasteiger partial charge in [0.2, 0.25) is 0 Å². The molecule has 2 atom stereocenters. The van der Waals surface area contributed by atoms with Gasteiger partial charge in [-0.3, -0.25) is 4.99 Å². The van der Waals surface area contributed by atoms with E-state index in [2.05, 4.69) is 11.7 Å². The smallest absolute Gasteiger partial charge is 0.416 e. The van der Waals surface area contributed by atoms with Gasteiger partial charge in [0.15, 0.2) is 0 Å². The highest BCUT2D eigenvalue weighted by Gasteiger charge is 2.45. The molecular formula is C22H29F3N4O2S. The van der Waals surface area contributed by atoms with Crippen molar-refractivity contribution in [2.75, 3.05) is 25.5 Å². The zero-order valence-electron chi connectivity index (χ0n) is 18.5. The molecule has 2 aliphatic rings. The van der Waals surface area contributed by atoms with Crippen LogP contribution in [0.4, 0.5) is 18.0 Å². The first-order valence-electron chi connectivity index (χ1n) is 10.4. The molecule has 2 unspecified atom stereocenters. The molecule has 0 aromatic heterocycles. The summed E-state index contributed by atoms with van der Waals surface area (Å²) < 4.78 is 45.2. The topological polar surface area (TPSA) is 71.2 Å². The quantitative estimate of drug-likeness (QED) is 0.502. The van der Waals surface area contributed by atoms with E-state index in [4.69, 9.17) is 10.5 Å². The normalized spacial score (nSPS) is 22.0. The largest absolute Gasteiger partial charge is 0.444 e. The van der Waals surface area contributed by atoms with Gasteiger partial charge in [-0.15, -0.1) is 0 Å². The molecule has 0 radical (unpaired) electrons. The number of halogens is 3. The fourth-order valence-electron chi connectivity index (χ4n) is 4.19. The Balaban J connectivity index is 1.90. The van der Waals surface area contributed by atoms with Crippen LogP contribution >= 0.6 is 11.8 Å². The Morgan fingerprint density at radius 2 is 2.03 bits per heavy atom. The monoisotopic (exact) mass is 470 g/mol. The summed E-state index contributed by atoms with van der Waals surface area (Å²) >= 11 is 1.31. The SMILES string of the molecule is C=N/C(=C(\SCN)N1CC2CCN(C(=O)OC(C)(C)C)C2C1)c1cccc(C(F)(F)F)c1. The molecule has 0 aliphatic carbocycles. The van der Waals surface area contributed by atoms with Crippen molar-refractivity contribution in [3.05, 3.63) is 40.4 Å². The first-order valence-corrected chi connectivity index (χ1v) is 11.4. The molecule has 0 bridgehead atoms. The summed E-state index contributed by atoms with van der Waals surface area (Å²) in [5.41, 5.74) is 5.15. The number of nitrogens with two attached hydrogens (primary N) is 1. The summed E-state index contributed by atoms with van der Waals surface area (Å²) in [6, 6.07) is 5.01. The average molecular weight is 471 g/mol. The Labute approximate surface area is 190 Å². The number of thioether (sulfide) groups is 1. The number of hydrogen-bond acceptors (Lipinski definition) is 6. The summed E-state index contributed by atoms with van der Waals surface area (Å²) in [6.45, 7) is 10.9. The second-order valence-corrected chi connectivity index (χ2v) is 9.90. The number of carbonyl (C=O) groups is 1. The molecule has 10 heteroatoms. The molecule has 2 fully saturated rings.